The Hall–Kier alpha value is -4.61. The predicted molar refractivity (Wildman–Crippen MR) is 168 cm³/mol. The van der Waals surface area contributed by atoms with Crippen LogP contribution in [0, 0.1) is 46.1 Å². The minimum absolute atomic E-state index is 0.0436. The van der Waals surface area contributed by atoms with Crippen LogP contribution in [-0.2, 0) is 37.2 Å². The maximum Gasteiger partial charge on any atom is 0.510 e. The molecule has 16 nitrogen and oxygen atoms in total. The van der Waals surface area contributed by atoms with Gasteiger partial charge in [0.25, 0.3) is 11.1 Å². The van der Waals surface area contributed by atoms with E-state index in [2.05, 4.69) is 6.92 Å². The SMILES string of the molecule is CC12CC[C@@H](OC(=O)OCn3cc(F)c(=O)[nH]c3=O)C[C@H]1CCC1C2CCC2(C)C1CC[C@]2(O)C(=O)COC(=O)OCn1cc(F)c(=O)[nH]c1=O. The largest absolute Gasteiger partial charge is 0.510 e. The lowest BCUT2D eigenvalue weighted by Gasteiger charge is -2.61. The van der Waals surface area contributed by atoms with E-state index in [0.29, 0.717) is 53.1 Å². The number of nitrogens with one attached hydrogen (secondary N) is 2. The Morgan fingerprint density at radius 2 is 1.39 bits per heavy atom. The number of hydrogen-bond donors (Lipinski definition) is 3. The van der Waals surface area contributed by atoms with E-state index in [9.17, 15) is 47.4 Å². The average molecular weight is 723 g/mol. The summed E-state index contributed by atoms with van der Waals surface area (Å²) in [7, 11) is 0. The molecule has 51 heavy (non-hydrogen) atoms. The van der Waals surface area contributed by atoms with E-state index in [1.165, 1.54) is 0 Å². The number of ketones is 1. The lowest BCUT2D eigenvalue weighted by atomic mass is 9.44. The van der Waals surface area contributed by atoms with Crippen LogP contribution in [0.3, 0.4) is 0 Å². The standard InChI is InChI=1S/C33H40F2N4O12/c1-31-8-5-18(51-30(46)50-16-39-13-23(35)26(42)37-28(39)44)11-17(31)3-4-19-20(31)6-9-32(2)21(19)7-10-33(32,47)24(40)14-48-29(45)49-15-38-12-22(34)25(41)36-27(38)43/h12-13,17-21,47H,3-11,14-16H2,1-2H3,(H,36,41,43)(H,37,42,44)/t17-,18-,19?,20?,21?,31?,32?,33+/m1/s1. The minimum Gasteiger partial charge on any atom is -0.431 e. The lowest BCUT2D eigenvalue weighted by molar-refractivity contribution is -0.175. The molecule has 4 aliphatic rings. The van der Waals surface area contributed by atoms with Crippen LogP contribution in [0.5, 0.6) is 0 Å². The summed E-state index contributed by atoms with van der Waals surface area (Å²) in [6.45, 7) is 2.03. The fraction of sp³-hybridized carbons (Fsp3) is 0.667. The van der Waals surface area contributed by atoms with Gasteiger partial charge in [-0.1, -0.05) is 13.8 Å². The Morgan fingerprint density at radius 3 is 2.02 bits per heavy atom. The maximum atomic E-state index is 13.5. The number of halogens is 2. The number of fused-ring (bicyclic) bond motifs is 5. The van der Waals surface area contributed by atoms with Crippen molar-refractivity contribution in [2.24, 2.45) is 34.5 Å². The summed E-state index contributed by atoms with van der Waals surface area (Å²) in [4.78, 5) is 87.6. The number of ether oxygens (including phenoxy) is 4. The molecule has 3 N–H and O–H groups in total. The van der Waals surface area contributed by atoms with E-state index in [1.54, 1.807) is 9.97 Å². The second-order valence-corrected chi connectivity index (χ2v) is 14.7. The molecule has 4 saturated carbocycles. The van der Waals surface area contributed by atoms with E-state index >= 15 is 0 Å². The fourth-order valence-electron chi connectivity index (χ4n) is 9.66. The van der Waals surface area contributed by atoms with Gasteiger partial charge in [-0.25, -0.2) is 19.2 Å². The zero-order valence-corrected chi connectivity index (χ0v) is 28.1. The molecule has 0 spiro atoms. The molecule has 8 atom stereocenters. The van der Waals surface area contributed by atoms with Crippen LogP contribution < -0.4 is 22.5 Å². The summed E-state index contributed by atoms with van der Waals surface area (Å²) in [5.41, 5.74) is -6.90. The number of rotatable bonds is 8. The normalized spacial score (nSPS) is 32.5. The van der Waals surface area contributed by atoms with Crippen LogP contribution in [0.25, 0.3) is 0 Å². The molecular weight excluding hydrogens is 682 g/mol. The number of aliphatic hydroxyl groups is 1. The molecule has 0 radical (unpaired) electrons. The van der Waals surface area contributed by atoms with Gasteiger partial charge in [0.15, 0.2) is 20.1 Å². The minimum atomic E-state index is -1.74. The molecule has 278 valence electrons. The van der Waals surface area contributed by atoms with Crippen molar-refractivity contribution in [2.45, 2.75) is 96.8 Å². The van der Waals surface area contributed by atoms with Gasteiger partial charge in [-0.15, -0.1) is 0 Å². The van der Waals surface area contributed by atoms with Gasteiger partial charge in [0.1, 0.15) is 11.7 Å². The Balaban J connectivity index is 1.02. The first-order valence-corrected chi connectivity index (χ1v) is 16.9. The third-order valence-corrected chi connectivity index (χ3v) is 12.4. The fourth-order valence-corrected chi connectivity index (χ4v) is 9.66. The molecule has 4 aliphatic carbocycles. The third-order valence-electron chi connectivity index (χ3n) is 12.4. The monoisotopic (exact) mass is 722 g/mol. The van der Waals surface area contributed by atoms with E-state index < -0.39 is 89.4 Å². The van der Waals surface area contributed by atoms with Gasteiger partial charge in [-0.2, -0.15) is 8.78 Å². The van der Waals surface area contributed by atoms with Crippen LogP contribution in [0.4, 0.5) is 18.4 Å². The molecule has 4 fully saturated rings. The summed E-state index contributed by atoms with van der Waals surface area (Å²) in [5.74, 6) is -2.26. The predicted octanol–water partition coefficient (Wildman–Crippen LogP) is 2.30. The number of carbonyl (C=O) groups is 3. The van der Waals surface area contributed by atoms with Crippen molar-refractivity contribution >= 4 is 18.1 Å². The first kappa shape index (κ1) is 36.2. The van der Waals surface area contributed by atoms with Crippen LogP contribution in [0.2, 0.25) is 0 Å². The molecule has 0 aromatic carbocycles. The number of carbonyl (C=O) groups excluding carboxylic acids is 3. The van der Waals surface area contributed by atoms with Crippen molar-refractivity contribution in [1.29, 1.82) is 0 Å². The smallest absolute Gasteiger partial charge is 0.431 e. The number of nitrogens with zero attached hydrogens (tertiary/aromatic N) is 2. The summed E-state index contributed by atoms with van der Waals surface area (Å²) in [5, 5.41) is 11.9. The van der Waals surface area contributed by atoms with E-state index in [4.69, 9.17) is 18.9 Å². The van der Waals surface area contributed by atoms with Crippen molar-refractivity contribution in [3.8, 4) is 0 Å². The van der Waals surface area contributed by atoms with Crippen molar-refractivity contribution in [1.82, 2.24) is 19.1 Å². The topological polar surface area (TPSA) is 218 Å². The Morgan fingerprint density at radius 1 is 0.804 bits per heavy atom. The van der Waals surface area contributed by atoms with Gasteiger partial charge in [0.2, 0.25) is 17.4 Å². The Kier molecular flexibility index (Phi) is 9.58. The van der Waals surface area contributed by atoms with Gasteiger partial charge < -0.3 is 24.1 Å². The first-order valence-electron chi connectivity index (χ1n) is 16.9. The zero-order valence-electron chi connectivity index (χ0n) is 28.1. The van der Waals surface area contributed by atoms with Crippen LogP contribution >= 0.6 is 0 Å². The molecule has 6 rings (SSSR count). The van der Waals surface area contributed by atoms with Gasteiger partial charge in [0, 0.05) is 5.41 Å². The first-order chi connectivity index (χ1) is 24.1. The Bertz CT molecular complexity index is 1960. The molecule has 0 saturated heterocycles. The van der Waals surface area contributed by atoms with E-state index in [1.807, 2.05) is 6.92 Å². The van der Waals surface area contributed by atoms with Gasteiger partial charge in [0.05, 0.1) is 12.4 Å². The van der Waals surface area contributed by atoms with Crippen LogP contribution in [-0.4, -0.2) is 60.6 Å². The molecule has 2 aromatic rings. The molecule has 0 bridgehead atoms. The number of aromatic amines is 2. The average Bonchev–Trinajstić information content (AvgIpc) is 3.37. The molecular formula is C33H40F2N4O12. The maximum absolute atomic E-state index is 13.5. The highest BCUT2D eigenvalue weighted by Gasteiger charge is 2.66. The van der Waals surface area contributed by atoms with Crippen molar-refractivity contribution in [3.63, 3.8) is 0 Å². The van der Waals surface area contributed by atoms with E-state index in [0.717, 1.165) is 25.7 Å². The Labute approximate surface area is 288 Å². The van der Waals surface area contributed by atoms with Gasteiger partial charge >= 0.3 is 23.7 Å². The highest BCUT2D eigenvalue weighted by molar-refractivity contribution is 5.90. The molecule has 5 unspecified atom stereocenters. The van der Waals surface area contributed by atoms with Crippen molar-refractivity contribution in [2.75, 3.05) is 6.61 Å². The summed E-state index contributed by atoms with van der Waals surface area (Å²) in [6, 6.07) is 0. The van der Waals surface area contributed by atoms with Gasteiger partial charge in [-0.05, 0) is 86.9 Å². The second-order valence-electron chi connectivity index (χ2n) is 14.7. The summed E-state index contributed by atoms with van der Waals surface area (Å²) >= 11 is 0. The number of hydrogen-bond acceptors (Lipinski definition) is 12. The molecule has 0 aliphatic heterocycles. The summed E-state index contributed by atoms with van der Waals surface area (Å²) in [6.07, 6.45) is 4.35. The molecule has 0 amide bonds. The highest BCUT2D eigenvalue weighted by Crippen LogP contribution is 2.68. The summed E-state index contributed by atoms with van der Waals surface area (Å²) < 4.78 is 48.7. The zero-order chi connectivity index (χ0) is 36.9. The highest BCUT2D eigenvalue weighted by atomic mass is 19.1. The third kappa shape index (κ3) is 6.53. The number of Topliss-reactive ketones (excluding diaryl/α,β-unsaturated/α-hetero) is 1. The van der Waals surface area contributed by atoms with Crippen LogP contribution in [0.1, 0.15) is 71.6 Å². The van der Waals surface area contributed by atoms with E-state index in [-0.39, 0.29) is 29.6 Å². The number of aromatic nitrogens is 4. The van der Waals surface area contributed by atoms with Crippen molar-refractivity contribution in [3.05, 3.63) is 65.7 Å². The molecule has 2 aromatic heterocycles. The van der Waals surface area contributed by atoms with Crippen LogP contribution in [0.15, 0.2) is 31.6 Å². The van der Waals surface area contributed by atoms with Crippen molar-refractivity contribution < 1.29 is 47.2 Å². The second kappa shape index (κ2) is 13.5. The number of H-pyrrole nitrogens is 2. The molecule has 2 heterocycles. The van der Waals surface area contributed by atoms with Gasteiger partial charge in [-0.3, -0.25) is 33.5 Å². The lowest BCUT2D eigenvalue weighted by Crippen LogP contribution is -2.59. The quantitative estimate of drug-likeness (QED) is 0.335. The molecule has 18 heteroatoms.